The molecule has 0 amide bonds. The number of hydrogen-bond donors (Lipinski definition) is 1. The average molecular weight is 279 g/mol. The summed E-state index contributed by atoms with van der Waals surface area (Å²) in [6.07, 6.45) is 0. The molecule has 1 aromatic heterocycles. The number of nitrogens with two attached hydrogens (primary N) is 1. The molecule has 3 nitrogen and oxygen atoms in total. The van der Waals surface area contributed by atoms with E-state index in [1.165, 1.54) is 22.8 Å². The van der Waals surface area contributed by atoms with Gasteiger partial charge < -0.3 is 10.3 Å². The highest BCUT2D eigenvalue weighted by Gasteiger charge is 2.27. The first-order chi connectivity index (χ1) is 8.37. The van der Waals surface area contributed by atoms with Crippen molar-refractivity contribution in [1.82, 2.24) is 9.55 Å². The van der Waals surface area contributed by atoms with Gasteiger partial charge in [-0.25, -0.2) is 9.37 Å². The molecule has 1 aromatic carbocycles. The zero-order valence-corrected chi connectivity index (χ0v) is 9.85. The van der Waals surface area contributed by atoms with E-state index in [-0.39, 0.29) is 30.0 Å². The first-order valence-electron chi connectivity index (χ1n) is 4.99. The molecule has 2 N–H and O–H groups in total. The lowest BCUT2D eigenvalue weighted by Gasteiger charge is -2.08. The van der Waals surface area contributed by atoms with E-state index in [0.29, 0.717) is 11.0 Å². The van der Waals surface area contributed by atoms with Gasteiger partial charge in [0.1, 0.15) is 5.82 Å². The smallest absolute Gasteiger partial charge is 0.369 e. The van der Waals surface area contributed by atoms with Crippen LogP contribution in [-0.2, 0) is 6.54 Å². The van der Waals surface area contributed by atoms with E-state index < -0.39 is 11.3 Å². The number of aromatic nitrogens is 2. The van der Waals surface area contributed by atoms with Gasteiger partial charge in [-0.15, -0.1) is 0 Å². The van der Waals surface area contributed by atoms with Crippen molar-refractivity contribution in [2.45, 2.75) is 12.1 Å². The van der Waals surface area contributed by atoms with Gasteiger partial charge >= 0.3 is 5.51 Å². The molecule has 2 rings (SSSR count). The quantitative estimate of drug-likeness (QED) is 0.878. The Morgan fingerprint density at radius 2 is 2.06 bits per heavy atom. The van der Waals surface area contributed by atoms with Crippen LogP contribution in [0.3, 0.4) is 0 Å². The number of nitrogen functional groups attached to an aromatic ring is 1. The highest BCUT2D eigenvalue weighted by Crippen LogP contribution is 2.30. The Balaban J connectivity index is 2.20. The summed E-state index contributed by atoms with van der Waals surface area (Å²) in [4.78, 5) is 3.90. The molecule has 2 aromatic rings. The van der Waals surface area contributed by atoms with Crippen LogP contribution in [0.4, 0.5) is 23.5 Å². The van der Waals surface area contributed by atoms with E-state index in [9.17, 15) is 17.6 Å². The van der Waals surface area contributed by atoms with Crippen molar-refractivity contribution in [3.8, 4) is 0 Å². The van der Waals surface area contributed by atoms with Crippen LogP contribution in [-0.4, -0.2) is 20.8 Å². The Kier molecular flexibility index (Phi) is 3.38. The molecule has 0 saturated heterocycles. The minimum Gasteiger partial charge on any atom is -0.369 e. The maximum absolute atomic E-state index is 12.9. The van der Waals surface area contributed by atoms with Gasteiger partial charge in [-0.3, -0.25) is 0 Å². The van der Waals surface area contributed by atoms with Gasteiger partial charge in [0.25, 0.3) is 0 Å². The van der Waals surface area contributed by atoms with E-state index >= 15 is 0 Å². The van der Waals surface area contributed by atoms with Gasteiger partial charge in [-0.05, 0) is 23.9 Å². The molecule has 0 aliphatic carbocycles. The summed E-state index contributed by atoms with van der Waals surface area (Å²) in [6, 6.07) is 3.86. The van der Waals surface area contributed by atoms with Gasteiger partial charge in [0.05, 0.1) is 11.0 Å². The third-order valence-corrected chi connectivity index (χ3v) is 3.03. The summed E-state index contributed by atoms with van der Waals surface area (Å²) < 4.78 is 50.4. The largest absolute Gasteiger partial charge is 0.441 e. The molecule has 0 fully saturated rings. The van der Waals surface area contributed by atoms with Crippen molar-refractivity contribution in [3.05, 3.63) is 24.0 Å². The molecule has 1 heterocycles. The van der Waals surface area contributed by atoms with Crippen molar-refractivity contribution in [2.75, 3.05) is 11.5 Å². The highest BCUT2D eigenvalue weighted by molar-refractivity contribution is 8.00. The van der Waals surface area contributed by atoms with Gasteiger partial charge in [0.2, 0.25) is 5.95 Å². The molecule has 18 heavy (non-hydrogen) atoms. The van der Waals surface area contributed by atoms with Crippen LogP contribution in [0.15, 0.2) is 18.2 Å². The molecule has 0 bridgehead atoms. The van der Waals surface area contributed by atoms with Crippen LogP contribution in [0, 0.1) is 5.82 Å². The fourth-order valence-corrected chi connectivity index (χ4v) is 2.11. The molecule has 0 saturated carbocycles. The monoisotopic (exact) mass is 279 g/mol. The minimum atomic E-state index is -4.27. The fraction of sp³-hybridized carbons (Fsp3) is 0.300. The van der Waals surface area contributed by atoms with Crippen LogP contribution in [0.1, 0.15) is 0 Å². The van der Waals surface area contributed by atoms with Crippen molar-refractivity contribution in [2.24, 2.45) is 0 Å². The summed E-state index contributed by atoms with van der Waals surface area (Å²) in [6.45, 7) is 0.0676. The summed E-state index contributed by atoms with van der Waals surface area (Å²) >= 11 is -0.126. The number of rotatable bonds is 3. The lowest BCUT2D eigenvalue weighted by molar-refractivity contribution is -0.0328. The van der Waals surface area contributed by atoms with Gasteiger partial charge in [-0.1, -0.05) is 0 Å². The van der Waals surface area contributed by atoms with Crippen LogP contribution < -0.4 is 5.73 Å². The number of fused-ring (bicyclic) bond motifs is 1. The number of anilines is 1. The van der Waals surface area contributed by atoms with Crippen LogP contribution in [0.25, 0.3) is 11.0 Å². The predicted molar refractivity (Wildman–Crippen MR) is 62.6 cm³/mol. The Hall–Kier alpha value is -1.44. The van der Waals surface area contributed by atoms with Crippen LogP contribution >= 0.6 is 11.8 Å². The molecule has 98 valence electrons. The number of alkyl halides is 3. The fourth-order valence-electron chi connectivity index (χ4n) is 1.61. The third-order valence-electron chi connectivity index (χ3n) is 2.32. The molecule has 0 unspecified atom stereocenters. The van der Waals surface area contributed by atoms with Gasteiger partial charge in [0.15, 0.2) is 0 Å². The standard InChI is InChI=1S/C10H9F4N3S/c11-6-1-2-8-7(5-6)16-9(15)17(8)3-4-18-10(12,13)14/h1-2,5H,3-4H2,(H2,15,16). The lowest BCUT2D eigenvalue weighted by atomic mass is 10.3. The number of thioether (sulfide) groups is 1. The molecule has 0 spiro atoms. The van der Waals surface area contributed by atoms with Crippen molar-refractivity contribution in [1.29, 1.82) is 0 Å². The second-order valence-electron chi connectivity index (χ2n) is 3.55. The first-order valence-corrected chi connectivity index (χ1v) is 5.97. The van der Waals surface area contributed by atoms with E-state index in [1.807, 2.05) is 0 Å². The van der Waals surface area contributed by atoms with Gasteiger partial charge in [0, 0.05) is 18.4 Å². The van der Waals surface area contributed by atoms with Crippen LogP contribution in [0.2, 0.25) is 0 Å². The van der Waals surface area contributed by atoms with Gasteiger partial charge in [-0.2, -0.15) is 13.2 Å². The summed E-state index contributed by atoms with van der Waals surface area (Å²) in [5.74, 6) is -0.550. The zero-order chi connectivity index (χ0) is 13.3. The number of nitrogens with zero attached hydrogens (tertiary/aromatic N) is 2. The second kappa shape index (κ2) is 4.68. The molecule has 0 aliphatic heterocycles. The Morgan fingerprint density at radius 3 is 2.72 bits per heavy atom. The molecule has 0 aliphatic rings. The molecule has 0 atom stereocenters. The van der Waals surface area contributed by atoms with E-state index in [4.69, 9.17) is 5.73 Å². The van der Waals surface area contributed by atoms with Crippen molar-refractivity contribution >= 4 is 28.7 Å². The maximum Gasteiger partial charge on any atom is 0.441 e. The third kappa shape index (κ3) is 2.87. The Morgan fingerprint density at radius 1 is 1.33 bits per heavy atom. The Bertz CT molecular complexity index is 564. The number of imidazole rings is 1. The number of halogens is 4. The van der Waals surface area contributed by atoms with Crippen LogP contribution in [0.5, 0.6) is 0 Å². The lowest BCUT2D eigenvalue weighted by Crippen LogP contribution is -2.09. The number of hydrogen-bond acceptors (Lipinski definition) is 3. The van der Waals surface area contributed by atoms with Crippen molar-refractivity contribution in [3.63, 3.8) is 0 Å². The normalized spacial score (nSPS) is 12.2. The van der Waals surface area contributed by atoms with Crippen molar-refractivity contribution < 1.29 is 17.6 Å². The summed E-state index contributed by atoms with van der Waals surface area (Å²) in [5.41, 5.74) is 2.19. The zero-order valence-electron chi connectivity index (χ0n) is 9.04. The number of benzene rings is 1. The summed E-state index contributed by atoms with van der Waals surface area (Å²) in [7, 11) is 0. The topological polar surface area (TPSA) is 43.8 Å². The summed E-state index contributed by atoms with van der Waals surface area (Å²) in [5, 5.41) is 0. The molecular formula is C10H9F4N3S. The van der Waals surface area contributed by atoms with E-state index in [1.54, 1.807) is 0 Å². The molecule has 0 radical (unpaired) electrons. The Labute approximate surface area is 104 Å². The number of aryl methyl sites for hydroxylation is 1. The highest BCUT2D eigenvalue weighted by atomic mass is 32.2. The molecular weight excluding hydrogens is 270 g/mol. The first kappa shape index (κ1) is 13.0. The minimum absolute atomic E-state index is 0.0676. The second-order valence-corrected chi connectivity index (χ2v) is 4.71. The molecule has 8 heteroatoms. The van der Waals surface area contributed by atoms with E-state index in [2.05, 4.69) is 4.98 Å². The van der Waals surface area contributed by atoms with E-state index in [0.717, 1.165) is 0 Å². The SMILES string of the molecule is Nc1nc2cc(F)ccc2n1CCSC(F)(F)F. The predicted octanol–water partition coefficient (Wildman–Crippen LogP) is 3.01. The maximum atomic E-state index is 12.9. The average Bonchev–Trinajstić information content (AvgIpc) is 2.52.